The van der Waals surface area contributed by atoms with Crippen LogP contribution in [0.3, 0.4) is 0 Å². The number of guanidine groups is 1. The van der Waals surface area contributed by atoms with Gasteiger partial charge in [-0.3, -0.25) is 4.99 Å². The Balaban J connectivity index is 0.00000225. The number of imidazole rings is 1. The van der Waals surface area contributed by atoms with Crippen LogP contribution in [0.5, 0.6) is 0 Å². The number of nitrogens with one attached hydrogen (secondary N) is 2. The van der Waals surface area contributed by atoms with Gasteiger partial charge in [0, 0.05) is 36.0 Å². The molecular formula is C17H18BrFIN5. The normalized spacial score (nSPS) is 11.2. The fraction of sp³-hybridized carbons (Fsp3) is 0.176. The Hall–Kier alpha value is -1.68. The predicted octanol–water partition coefficient (Wildman–Crippen LogP) is 3.72. The van der Waals surface area contributed by atoms with Gasteiger partial charge in [0.1, 0.15) is 11.5 Å². The van der Waals surface area contributed by atoms with E-state index < -0.39 is 0 Å². The smallest absolute Gasteiger partial charge is 0.191 e. The molecule has 2 N–H and O–H groups in total. The summed E-state index contributed by atoms with van der Waals surface area (Å²) in [5.74, 6) is 0.364. The van der Waals surface area contributed by atoms with Crippen molar-refractivity contribution in [1.29, 1.82) is 0 Å². The summed E-state index contributed by atoms with van der Waals surface area (Å²) in [6.07, 6.45) is 3.91. The Morgan fingerprint density at radius 2 is 1.92 bits per heavy atom. The minimum Gasteiger partial charge on any atom is -0.352 e. The summed E-state index contributed by atoms with van der Waals surface area (Å²) in [6.45, 7) is 0.890. The summed E-state index contributed by atoms with van der Waals surface area (Å²) in [7, 11) is 1.68. The lowest BCUT2D eigenvalue weighted by Gasteiger charge is -2.11. The van der Waals surface area contributed by atoms with E-state index in [4.69, 9.17) is 0 Å². The van der Waals surface area contributed by atoms with Crippen molar-refractivity contribution in [3.8, 4) is 0 Å². The van der Waals surface area contributed by atoms with E-state index >= 15 is 0 Å². The molecule has 0 saturated heterocycles. The molecule has 0 unspecified atom stereocenters. The van der Waals surface area contributed by atoms with E-state index in [2.05, 4.69) is 36.5 Å². The van der Waals surface area contributed by atoms with Crippen molar-refractivity contribution in [2.75, 3.05) is 7.05 Å². The van der Waals surface area contributed by atoms with Gasteiger partial charge in [-0.1, -0.05) is 18.2 Å². The second-order valence-corrected chi connectivity index (χ2v) is 6.13. The van der Waals surface area contributed by atoms with Gasteiger partial charge >= 0.3 is 0 Å². The first-order valence-electron chi connectivity index (χ1n) is 7.47. The van der Waals surface area contributed by atoms with Crippen molar-refractivity contribution in [3.05, 3.63) is 70.3 Å². The van der Waals surface area contributed by atoms with Crippen LogP contribution in [-0.2, 0) is 13.1 Å². The van der Waals surface area contributed by atoms with E-state index in [1.165, 1.54) is 6.07 Å². The van der Waals surface area contributed by atoms with Crippen molar-refractivity contribution in [2.24, 2.45) is 4.99 Å². The number of rotatable bonds is 4. The van der Waals surface area contributed by atoms with Crippen molar-refractivity contribution in [3.63, 3.8) is 0 Å². The molecule has 5 nitrogen and oxygen atoms in total. The average Bonchev–Trinajstić information content (AvgIpc) is 2.98. The zero-order valence-corrected chi connectivity index (χ0v) is 17.5. The summed E-state index contributed by atoms with van der Waals surface area (Å²) in [6, 6.07) is 10.6. The number of hydrogen-bond donors (Lipinski definition) is 2. The zero-order valence-electron chi connectivity index (χ0n) is 13.5. The number of aromatic nitrogens is 2. The first kappa shape index (κ1) is 19.6. The topological polar surface area (TPSA) is 53.7 Å². The highest BCUT2D eigenvalue weighted by atomic mass is 127. The van der Waals surface area contributed by atoms with Crippen LogP contribution in [-0.4, -0.2) is 22.4 Å². The highest BCUT2D eigenvalue weighted by Gasteiger charge is 2.05. The molecule has 3 aromatic rings. The second kappa shape index (κ2) is 9.14. The van der Waals surface area contributed by atoms with Crippen LogP contribution >= 0.6 is 39.9 Å². The number of nitrogens with zero attached hydrogens (tertiary/aromatic N) is 3. The molecular weight excluding hydrogens is 500 g/mol. The van der Waals surface area contributed by atoms with Gasteiger partial charge in [0.2, 0.25) is 0 Å². The number of aliphatic imine (C=N–C) groups is 1. The van der Waals surface area contributed by atoms with E-state index in [-0.39, 0.29) is 29.8 Å². The summed E-state index contributed by atoms with van der Waals surface area (Å²) in [5, 5.41) is 6.28. The largest absolute Gasteiger partial charge is 0.352 e. The summed E-state index contributed by atoms with van der Waals surface area (Å²) < 4.78 is 16.6. The highest BCUT2D eigenvalue weighted by molar-refractivity contribution is 14.0. The molecule has 3 rings (SSSR count). The third-order valence-corrected chi connectivity index (χ3v) is 4.00. The quantitative estimate of drug-likeness (QED) is 0.315. The maximum absolute atomic E-state index is 13.6. The molecule has 0 aliphatic carbocycles. The fourth-order valence-corrected chi connectivity index (χ4v) is 2.67. The van der Waals surface area contributed by atoms with Gasteiger partial charge in [-0.2, -0.15) is 0 Å². The van der Waals surface area contributed by atoms with E-state index in [0.29, 0.717) is 24.6 Å². The van der Waals surface area contributed by atoms with E-state index in [9.17, 15) is 4.39 Å². The predicted molar refractivity (Wildman–Crippen MR) is 112 cm³/mol. The fourth-order valence-electron chi connectivity index (χ4n) is 2.32. The monoisotopic (exact) mass is 517 g/mol. The van der Waals surface area contributed by atoms with Gasteiger partial charge < -0.3 is 15.0 Å². The first-order valence-corrected chi connectivity index (χ1v) is 8.26. The van der Waals surface area contributed by atoms with Crippen LogP contribution in [0, 0.1) is 5.82 Å². The number of pyridine rings is 1. The van der Waals surface area contributed by atoms with Crippen molar-refractivity contribution >= 4 is 51.5 Å². The molecule has 2 aromatic heterocycles. The Morgan fingerprint density at radius 1 is 1.16 bits per heavy atom. The molecule has 0 saturated carbocycles. The second-order valence-electron chi connectivity index (χ2n) is 5.22. The SMILES string of the molecule is CN=C(NCc1cn2cc(Br)ccc2n1)NCc1ccccc1F.I. The minimum absolute atomic E-state index is 0. The number of fused-ring (bicyclic) bond motifs is 1. The number of halogens is 3. The average molecular weight is 518 g/mol. The molecule has 0 fully saturated rings. The van der Waals surface area contributed by atoms with Gasteiger partial charge in [0.15, 0.2) is 5.96 Å². The lowest BCUT2D eigenvalue weighted by Crippen LogP contribution is -2.36. The Morgan fingerprint density at radius 3 is 2.68 bits per heavy atom. The number of hydrogen-bond acceptors (Lipinski definition) is 2. The van der Waals surface area contributed by atoms with E-state index in [1.807, 2.05) is 35.0 Å². The maximum Gasteiger partial charge on any atom is 0.191 e. The van der Waals surface area contributed by atoms with Crippen LogP contribution in [0.2, 0.25) is 0 Å². The third-order valence-electron chi connectivity index (χ3n) is 3.53. The van der Waals surface area contributed by atoms with Crippen LogP contribution in [0.4, 0.5) is 4.39 Å². The van der Waals surface area contributed by atoms with Gasteiger partial charge in [-0.25, -0.2) is 9.37 Å². The summed E-state index contributed by atoms with van der Waals surface area (Å²) in [4.78, 5) is 8.68. The van der Waals surface area contributed by atoms with Crippen molar-refractivity contribution < 1.29 is 4.39 Å². The third kappa shape index (κ3) is 5.15. The molecule has 0 bridgehead atoms. The Bertz CT molecular complexity index is 880. The molecule has 0 radical (unpaired) electrons. The lowest BCUT2D eigenvalue weighted by atomic mass is 10.2. The maximum atomic E-state index is 13.6. The molecule has 25 heavy (non-hydrogen) atoms. The Labute approximate surface area is 170 Å². The molecule has 8 heteroatoms. The zero-order chi connectivity index (χ0) is 16.9. The molecule has 0 aliphatic heterocycles. The summed E-state index contributed by atoms with van der Waals surface area (Å²) in [5.41, 5.74) is 2.37. The lowest BCUT2D eigenvalue weighted by molar-refractivity contribution is 0.604. The van der Waals surface area contributed by atoms with Gasteiger partial charge in [-0.05, 0) is 34.1 Å². The van der Waals surface area contributed by atoms with Crippen molar-refractivity contribution in [1.82, 2.24) is 20.0 Å². The molecule has 0 atom stereocenters. The molecule has 1 aromatic carbocycles. The molecule has 0 spiro atoms. The minimum atomic E-state index is -0.230. The highest BCUT2D eigenvalue weighted by Crippen LogP contribution is 2.12. The van der Waals surface area contributed by atoms with Crippen molar-refractivity contribution in [2.45, 2.75) is 13.1 Å². The molecule has 2 heterocycles. The van der Waals surface area contributed by atoms with E-state index in [1.54, 1.807) is 19.2 Å². The van der Waals surface area contributed by atoms with Crippen LogP contribution in [0.1, 0.15) is 11.3 Å². The van der Waals surface area contributed by atoms with E-state index in [0.717, 1.165) is 15.8 Å². The van der Waals surface area contributed by atoms with Gasteiger partial charge in [0.05, 0.1) is 12.2 Å². The van der Waals surface area contributed by atoms with Crippen LogP contribution in [0.25, 0.3) is 5.65 Å². The van der Waals surface area contributed by atoms with Gasteiger partial charge in [0.25, 0.3) is 0 Å². The molecule has 0 amide bonds. The standard InChI is InChI=1S/C17H17BrFN5.HI/c1-20-17(21-8-12-4-2-3-5-15(12)19)22-9-14-11-24-10-13(18)6-7-16(24)23-14;/h2-7,10-11H,8-9H2,1H3,(H2,20,21,22);1H. The number of benzene rings is 1. The summed E-state index contributed by atoms with van der Waals surface area (Å²) >= 11 is 3.44. The Kier molecular flexibility index (Phi) is 7.18. The van der Waals surface area contributed by atoms with Gasteiger partial charge in [-0.15, -0.1) is 24.0 Å². The van der Waals surface area contributed by atoms with Crippen LogP contribution in [0.15, 0.2) is 58.3 Å². The van der Waals surface area contributed by atoms with Crippen LogP contribution < -0.4 is 10.6 Å². The molecule has 0 aliphatic rings. The first-order chi connectivity index (χ1) is 11.7. The molecule has 132 valence electrons.